The topological polar surface area (TPSA) is 17.1 Å². The summed E-state index contributed by atoms with van der Waals surface area (Å²) in [5.74, 6) is 0.0902. The van der Waals surface area contributed by atoms with E-state index in [1.54, 1.807) is 12.2 Å². The summed E-state index contributed by atoms with van der Waals surface area (Å²) >= 11 is 0. The molecular weight excluding hydrogens is 1110 g/mol. The van der Waals surface area contributed by atoms with E-state index in [2.05, 4.69) is 195 Å². The molecule has 1 aliphatic carbocycles. The molecule has 0 N–H and O–H groups in total. The first-order valence-corrected chi connectivity index (χ1v) is 21.3. The van der Waals surface area contributed by atoms with Gasteiger partial charge in [-0.25, -0.2) is 0 Å². The smallest absolute Gasteiger partial charge is 0.289 e. The van der Waals surface area contributed by atoms with Crippen LogP contribution < -0.4 is 31.8 Å². The van der Waals surface area contributed by atoms with Gasteiger partial charge in [0.2, 0.25) is 0 Å². The molecule has 0 amide bonds. The van der Waals surface area contributed by atoms with Crippen molar-refractivity contribution in [2.24, 2.45) is 0 Å². The maximum Gasteiger partial charge on any atom is 1.00 e. The van der Waals surface area contributed by atoms with Gasteiger partial charge in [0.05, 0.1) is 0 Å². The third kappa shape index (κ3) is 10.8. The predicted molar refractivity (Wildman–Crippen MR) is 246 cm³/mol. The van der Waals surface area contributed by atoms with Crippen molar-refractivity contribution in [1.29, 1.82) is 0 Å². The number of hydrogen-bond donors (Lipinski definition) is 0. The summed E-state index contributed by atoms with van der Waals surface area (Å²) < 4.78 is 0. The van der Waals surface area contributed by atoms with Crippen LogP contribution in [0, 0.1) is 0 Å². The van der Waals surface area contributed by atoms with Crippen molar-refractivity contribution in [3.8, 4) is 11.1 Å². The number of fused-ring (bicyclic) bond motifs is 3. The van der Waals surface area contributed by atoms with Crippen LogP contribution in [-0.4, -0.2) is 5.78 Å². The van der Waals surface area contributed by atoms with Crippen molar-refractivity contribution >= 4 is 65.6 Å². The van der Waals surface area contributed by atoms with Crippen molar-refractivity contribution in [2.75, 3.05) is 0 Å². The molecule has 0 radical (unpaired) electrons. The van der Waals surface area contributed by atoms with Gasteiger partial charge in [0, 0.05) is 11.1 Å². The molecule has 0 heterocycles. The maximum atomic E-state index is 12.4. The normalized spacial score (nSPS) is 10.6. The van der Waals surface area contributed by atoms with Crippen molar-refractivity contribution in [3.05, 3.63) is 254 Å². The van der Waals surface area contributed by atoms with Crippen LogP contribution in [0.5, 0.6) is 0 Å². The van der Waals surface area contributed by atoms with Crippen molar-refractivity contribution in [3.63, 3.8) is 0 Å². The zero-order valence-corrected chi connectivity index (χ0v) is 37.9. The van der Waals surface area contributed by atoms with Gasteiger partial charge in [-0.3, -0.25) is 4.79 Å². The van der Waals surface area contributed by atoms with Crippen LogP contribution in [0.2, 0.25) is 0 Å². The molecule has 0 fully saturated rings. The van der Waals surface area contributed by atoms with Crippen LogP contribution in [0.25, 0.3) is 23.3 Å². The first-order valence-electron chi connectivity index (χ1n) is 18.6. The monoisotopic (exact) mass is 1150 g/mol. The molecule has 0 spiro atoms. The van der Waals surface area contributed by atoms with Crippen molar-refractivity contribution < 1.29 is 49.6 Å². The number of hydrogen-bond acceptors (Lipinski definition) is 1. The summed E-state index contributed by atoms with van der Waals surface area (Å²) in [6, 6.07) is 76.4. The van der Waals surface area contributed by atoms with E-state index in [0.717, 1.165) is 33.4 Å². The summed E-state index contributed by atoms with van der Waals surface area (Å²) in [7, 11) is -0.892. The van der Waals surface area contributed by atoms with Crippen LogP contribution >= 0.6 is 15.8 Å². The molecular formula is C53H42Au2OP2+2. The first-order chi connectivity index (χ1) is 27.6. The second kappa shape index (κ2) is 22.4. The van der Waals surface area contributed by atoms with Gasteiger partial charge in [-0.1, -0.05) is 232 Å². The molecule has 290 valence electrons. The minimum absolute atomic E-state index is 0. The van der Waals surface area contributed by atoms with E-state index in [9.17, 15) is 4.79 Å². The molecule has 58 heavy (non-hydrogen) atoms. The quantitative estimate of drug-likeness (QED) is 0.109. The molecule has 0 aromatic heterocycles. The maximum absolute atomic E-state index is 12.4. The molecule has 1 nitrogen and oxygen atoms in total. The number of carbonyl (C=O) groups is 1. The van der Waals surface area contributed by atoms with E-state index >= 15 is 0 Å². The van der Waals surface area contributed by atoms with Crippen LogP contribution in [0.4, 0.5) is 0 Å². The largest absolute Gasteiger partial charge is 1.00 e. The fourth-order valence-electron chi connectivity index (χ4n) is 6.73. The Morgan fingerprint density at radius 3 is 0.741 bits per heavy atom. The van der Waals surface area contributed by atoms with Crippen LogP contribution in [0.3, 0.4) is 0 Å². The predicted octanol–water partition coefficient (Wildman–Crippen LogP) is 11.1. The molecule has 0 aliphatic heterocycles. The molecule has 0 saturated carbocycles. The molecule has 8 aromatic carbocycles. The van der Waals surface area contributed by atoms with E-state index in [0.29, 0.717) is 0 Å². The van der Waals surface area contributed by atoms with Gasteiger partial charge >= 0.3 is 44.8 Å². The van der Waals surface area contributed by atoms with Gasteiger partial charge in [0.25, 0.3) is 0 Å². The number of rotatable bonds is 8. The standard InChI is InChI=1S/2C18H15P.C17H12O.2Au/c2*1-4-10-16(11-5-1)19(17-12-6-2-7-13-17)18-14-8-3-9-15-18;1-3-11-5-7-13-14-8-6-12(4-2)10-16(14)17(18)15(13)9-11;;/h2*1-15H;3-10H,1-2H2;;/q;;;2*+1. The molecule has 0 saturated heterocycles. The molecule has 8 aromatic rings. The Morgan fingerprint density at radius 1 is 0.310 bits per heavy atom. The van der Waals surface area contributed by atoms with E-state index in [1.807, 2.05) is 36.4 Å². The zero-order chi connectivity index (χ0) is 38.5. The van der Waals surface area contributed by atoms with Gasteiger partial charge in [-0.15, -0.1) is 0 Å². The van der Waals surface area contributed by atoms with Crippen LogP contribution in [0.1, 0.15) is 27.0 Å². The molecule has 9 rings (SSSR count). The third-order valence-corrected chi connectivity index (χ3v) is 14.3. The number of benzene rings is 8. The molecule has 5 heteroatoms. The Hall–Kier alpha value is -4.75. The number of ketones is 1. The zero-order valence-electron chi connectivity index (χ0n) is 31.8. The minimum atomic E-state index is -0.446. The van der Waals surface area contributed by atoms with E-state index in [1.165, 1.54) is 31.8 Å². The second-order valence-electron chi connectivity index (χ2n) is 13.0. The Kier molecular flexibility index (Phi) is 17.1. The van der Waals surface area contributed by atoms with Gasteiger partial charge in [0.1, 0.15) is 0 Å². The van der Waals surface area contributed by atoms with Crippen molar-refractivity contribution in [1.82, 2.24) is 0 Å². The van der Waals surface area contributed by atoms with Gasteiger partial charge in [-0.2, -0.15) is 0 Å². The SMILES string of the molecule is C=Cc1ccc2c(c1)C(=O)c1cc(C=C)ccc1-2.[Au+].[Au+].c1ccc(P(c2ccccc2)c2ccccc2)cc1.c1ccc(P(c2ccccc2)c2ccccc2)cc1. The van der Waals surface area contributed by atoms with E-state index in [4.69, 9.17) is 0 Å². The van der Waals surface area contributed by atoms with Gasteiger partial charge < -0.3 is 0 Å². The molecule has 0 bridgehead atoms. The average Bonchev–Trinajstić information content (AvgIpc) is 3.56. The second-order valence-corrected chi connectivity index (χ2v) is 17.5. The summed E-state index contributed by atoms with van der Waals surface area (Å²) in [4.78, 5) is 12.4. The fraction of sp³-hybridized carbons (Fsp3) is 0. The summed E-state index contributed by atoms with van der Waals surface area (Å²) in [5, 5.41) is 8.39. The van der Waals surface area contributed by atoms with Crippen LogP contribution in [-0.2, 0) is 44.8 Å². The Bertz CT molecular complexity index is 2150. The Morgan fingerprint density at radius 2 is 0.534 bits per heavy atom. The average molecular weight is 1150 g/mol. The third-order valence-electron chi connectivity index (χ3n) is 9.42. The first kappa shape index (κ1) is 44.4. The number of carbonyl (C=O) groups excluding carboxylic acids is 1. The van der Waals surface area contributed by atoms with Crippen molar-refractivity contribution in [2.45, 2.75) is 0 Å². The summed E-state index contributed by atoms with van der Waals surface area (Å²) in [6.45, 7) is 7.47. The summed E-state index contributed by atoms with van der Waals surface area (Å²) in [5.41, 5.74) is 5.50. The van der Waals surface area contributed by atoms with E-state index in [-0.39, 0.29) is 50.5 Å². The fourth-order valence-corrected chi connectivity index (χ4v) is 11.3. The Balaban J connectivity index is 0.000000163. The molecule has 0 atom stereocenters. The van der Waals surface area contributed by atoms with E-state index < -0.39 is 15.8 Å². The van der Waals surface area contributed by atoms with Gasteiger partial charge in [0.15, 0.2) is 5.78 Å². The minimum Gasteiger partial charge on any atom is -0.289 e. The Labute approximate surface area is 377 Å². The van der Waals surface area contributed by atoms with Gasteiger partial charge in [-0.05, 0) is 82.1 Å². The molecule has 0 unspecified atom stereocenters. The summed E-state index contributed by atoms with van der Waals surface area (Å²) in [6.07, 6.45) is 3.51. The van der Waals surface area contributed by atoms with Crippen LogP contribution in [0.15, 0.2) is 232 Å². The molecule has 1 aliphatic rings.